The number of esters is 1. The van der Waals surface area contributed by atoms with Crippen molar-refractivity contribution in [3.05, 3.63) is 65.2 Å². The normalized spacial score (nSPS) is 10.3. The fourth-order valence-corrected chi connectivity index (χ4v) is 2.17. The molecule has 0 aliphatic rings. The number of benzene rings is 2. The number of methoxy groups -OCH3 is 1. The summed E-state index contributed by atoms with van der Waals surface area (Å²) in [5.74, 6) is 0.549. The Balaban J connectivity index is 1.85. The molecule has 0 aliphatic heterocycles. The molecule has 0 unspecified atom stereocenters. The van der Waals surface area contributed by atoms with Gasteiger partial charge in [-0.1, -0.05) is 36.4 Å². The Morgan fingerprint density at radius 3 is 2.45 bits per heavy atom. The molecule has 2 rings (SSSR count). The maximum Gasteiger partial charge on any atom is 0.310 e. The third kappa shape index (κ3) is 4.90. The lowest BCUT2D eigenvalue weighted by Crippen LogP contribution is -2.09. The highest BCUT2D eigenvalue weighted by molar-refractivity contribution is 5.72. The molecule has 0 aromatic heterocycles. The summed E-state index contributed by atoms with van der Waals surface area (Å²) in [7, 11) is 1.62. The minimum Gasteiger partial charge on any atom is -0.497 e. The molecule has 4 nitrogen and oxygen atoms in total. The lowest BCUT2D eigenvalue weighted by molar-refractivity contribution is -0.144. The number of hydrogen-bond acceptors (Lipinski definition) is 4. The first-order chi connectivity index (χ1) is 10.7. The van der Waals surface area contributed by atoms with Crippen molar-refractivity contribution in [2.24, 2.45) is 5.73 Å². The van der Waals surface area contributed by atoms with Crippen LogP contribution in [0.4, 0.5) is 0 Å². The number of rotatable bonds is 7. The van der Waals surface area contributed by atoms with Crippen LogP contribution in [0.1, 0.15) is 16.7 Å². The SMILES string of the molecule is COc1ccc(COC(=O)Cc2cccc(CCN)c2)cc1. The van der Waals surface area contributed by atoms with Crippen molar-refractivity contribution in [1.29, 1.82) is 0 Å². The smallest absolute Gasteiger partial charge is 0.310 e. The van der Waals surface area contributed by atoms with E-state index in [1.807, 2.05) is 48.5 Å². The van der Waals surface area contributed by atoms with E-state index in [-0.39, 0.29) is 19.0 Å². The van der Waals surface area contributed by atoms with Gasteiger partial charge in [0.15, 0.2) is 0 Å². The summed E-state index contributed by atoms with van der Waals surface area (Å²) in [5.41, 5.74) is 8.57. The largest absolute Gasteiger partial charge is 0.497 e. The second-order valence-electron chi connectivity index (χ2n) is 5.04. The molecule has 116 valence electrons. The highest BCUT2D eigenvalue weighted by atomic mass is 16.5. The summed E-state index contributed by atoms with van der Waals surface area (Å²) in [6.45, 7) is 0.872. The molecule has 0 heterocycles. The topological polar surface area (TPSA) is 61.5 Å². The van der Waals surface area contributed by atoms with Crippen LogP contribution < -0.4 is 10.5 Å². The van der Waals surface area contributed by atoms with E-state index in [0.717, 1.165) is 28.9 Å². The van der Waals surface area contributed by atoms with E-state index in [2.05, 4.69) is 0 Å². The molecule has 0 saturated carbocycles. The van der Waals surface area contributed by atoms with Crippen molar-refractivity contribution in [3.63, 3.8) is 0 Å². The monoisotopic (exact) mass is 299 g/mol. The summed E-state index contributed by atoms with van der Waals surface area (Å²) < 4.78 is 10.4. The highest BCUT2D eigenvalue weighted by Gasteiger charge is 2.06. The van der Waals surface area contributed by atoms with E-state index in [1.54, 1.807) is 7.11 Å². The molecule has 2 aromatic rings. The minimum absolute atomic E-state index is 0.235. The van der Waals surface area contributed by atoms with E-state index in [9.17, 15) is 4.79 Å². The molecule has 22 heavy (non-hydrogen) atoms. The van der Waals surface area contributed by atoms with Gasteiger partial charge < -0.3 is 15.2 Å². The van der Waals surface area contributed by atoms with E-state index in [1.165, 1.54) is 0 Å². The Labute approximate surface area is 130 Å². The number of nitrogens with two attached hydrogens (primary N) is 1. The lowest BCUT2D eigenvalue weighted by Gasteiger charge is -2.07. The number of carbonyl (C=O) groups is 1. The average molecular weight is 299 g/mol. The van der Waals surface area contributed by atoms with Gasteiger partial charge in [-0.25, -0.2) is 0 Å². The van der Waals surface area contributed by atoms with Crippen molar-refractivity contribution in [2.45, 2.75) is 19.4 Å². The average Bonchev–Trinajstić information content (AvgIpc) is 2.54. The highest BCUT2D eigenvalue weighted by Crippen LogP contribution is 2.13. The van der Waals surface area contributed by atoms with Gasteiger partial charge in [-0.3, -0.25) is 4.79 Å². The summed E-state index contributed by atoms with van der Waals surface area (Å²) in [6.07, 6.45) is 1.09. The van der Waals surface area contributed by atoms with Gasteiger partial charge in [-0.05, 0) is 41.8 Å². The van der Waals surface area contributed by atoms with Gasteiger partial charge in [0.25, 0.3) is 0 Å². The van der Waals surface area contributed by atoms with E-state index < -0.39 is 0 Å². The molecule has 2 N–H and O–H groups in total. The van der Waals surface area contributed by atoms with Crippen LogP contribution in [0.2, 0.25) is 0 Å². The second kappa shape index (κ2) is 8.20. The third-order valence-corrected chi connectivity index (χ3v) is 3.33. The van der Waals surface area contributed by atoms with Crippen LogP contribution in [0, 0.1) is 0 Å². The van der Waals surface area contributed by atoms with Crippen molar-refractivity contribution in [1.82, 2.24) is 0 Å². The molecular weight excluding hydrogens is 278 g/mol. The van der Waals surface area contributed by atoms with Crippen molar-refractivity contribution in [3.8, 4) is 5.75 Å². The second-order valence-corrected chi connectivity index (χ2v) is 5.04. The summed E-state index contributed by atoms with van der Waals surface area (Å²) >= 11 is 0. The predicted octanol–water partition coefficient (Wildman–Crippen LogP) is 2.48. The first-order valence-electron chi connectivity index (χ1n) is 7.27. The Morgan fingerprint density at radius 2 is 1.77 bits per heavy atom. The molecule has 2 aromatic carbocycles. The van der Waals surface area contributed by atoms with Crippen molar-refractivity contribution < 1.29 is 14.3 Å². The zero-order valence-corrected chi connectivity index (χ0v) is 12.7. The van der Waals surface area contributed by atoms with Crippen LogP contribution in [0.5, 0.6) is 5.75 Å². The summed E-state index contributed by atoms with van der Waals surface area (Å²) in [4.78, 5) is 11.9. The molecule has 0 bridgehead atoms. The van der Waals surface area contributed by atoms with Crippen LogP contribution in [-0.2, 0) is 29.0 Å². The quantitative estimate of drug-likeness (QED) is 0.798. The molecule has 0 atom stereocenters. The fourth-order valence-electron chi connectivity index (χ4n) is 2.17. The molecule has 4 heteroatoms. The summed E-state index contributed by atoms with van der Waals surface area (Å²) in [6, 6.07) is 15.3. The number of ether oxygens (including phenoxy) is 2. The van der Waals surface area contributed by atoms with Gasteiger partial charge >= 0.3 is 5.97 Å². The van der Waals surface area contributed by atoms with Crippen molar-refractivity contribution >= 4 is 5.97 Å². The van der Waals surface area contributed by atoms with Gasteiger partial charge in [-0.2, -0.15) is 0 Å². The van der Waals surface area contributed by atoms with Crippen LogP contribution in [0.15, 0.2) is 48.5 Å². The Morgan fingerprint density at radius 1 is 1.05 bits per heavy atom. The zero-order valence-electron chi connectivity index (χ0n) is 12.7. The number of hydrogen-bond donors (Lipinski definition) is 1. The fraction of sp³-hybridized carbons (Fsp3) is 0.278. The first-order valence-corrected chi connectivity index (χ1v) is 7.27. The predicted molar refractivity (Wildman–Crippen MR) is 85.7 cm³/mol. The first kappa shape index (κ1) is 16.0. The van der Waals surface area contributed by atoms with Crippen LogP contribution in [0.25, 0.3) is 0 Å². The molecule has 0 amide bonds. The maximum absolute atomic E-state index is 11.9. The van der Waals surface area contributed by atoms with Gasteiger partial charge in [0, 0.05) is 0 Å². The standard InChI is InChI=1S/C18H21NO3/c1-21-17-7-5-15(6-8-17)13-22-18(20)12-16-4-2-3-14(11-16)9-10-19/h2-8,11H,9-10,12-13,19H2,1H3. The molecule has 0 fully saturated rings. The van der Waals surface area contributed by atoms with E-state index in [0.29, 0.717) is 6.54 Å². The Kier molecular flexibility index (Phi) is 5.98. The van der Waals surface area contributed by atoms with Crippen LogP contribution >= 0.6 is 0 Å². The van der Waals surface area contributed by atoms with Gasteiger partial charge in [0.1, 0.15) is 12.4 Å². The Bertz CT molecular complexity index is 608. The summed E-state index contributed by atoms with van der Waals surface area (Å²) in [5, 5.41) is 0. The minimum atomic E-state index is -0.235. The molecule has 0 spiro atoms. The number of carbonyl (C=O) groups excluding carboxylic acids is 1. The van der Waals surface area contributed by atoms with Gasteiger partial charge in [0.2, 0.25) is 0 Å². The molecule has 0 aliphatic carbocycles. The zero-order chi connectivity index (χ0) is 15.8. The van der Waals surface area contributed by atoms with E-state index in [4.69, 9.17) is 15.2 Å². The molecule has 0 radical (unpaired) electrons. The molecule has 0 saturated heterocycles. The lowest BCUT2D eigenvalue weighted by atomic mass is 10.1. The Hall–Kier alpha value is -2.33. The van der Waals surface area contributed by atoms with Gasteiger partial charge in [0.05, 0.1) is 13.5 Å². The van der Waals surface area contributed by atoms with E-state index >= 15 is 0 Å². The third-order valence-electron chi connectivity index (χ3n) is 3.33. The van der Waals surface area contributed by atoms with Gasteiger partial charge in [-0.15, -0.1) is 0 Å². The van der Waals surface area contributed by atoms with Crippen molar-refractivity contribution in [2.75, 3.05) is 13.7 Å². The molecular formula is C18H21NO3. The van der Waals surface area contributed by atoms with Crippen LogP contribution in [-0.4, -0.2) is 19.6 Å². The van der Waals surface area contributed by atoms with Crippen LogP contribution in [0.3, 0.4) is 0 Å². The maximum atomic E-state index is 11.9.